The van der Waals surface area contributed by atoms with Crippen LogP contribution in [0.15, 0.2) is 52.1 Å². The standard InChI is InChI=1S/C21H18ClN3O3S4/c22-17-7-8-18(31-17)32(27,28)25-10-3-4-13(12-25)19(26)24-20-14(9-11-29-20)21-23-15-5-1-2-6-16(15)30-21/h1-2,5-9,11,13H,3-4,10,12H2,(H,24,26). The summed E-state index contributed by atoms with van der Waals surface area (Å²) >= 11 is 9.98. The van der Waals surface area contributed by atoms with Crippen LogP contribution in [0.5, 0.6) is 0 Å². The van der Waals surface area contributed by atoms with Gasteiger partial charge in [-0.2, -0.15) is 4.31 Å². The van der Waals surface area contributed by atoms with Crippen LogP contribution in [0.25, 0.3) is 20.8 Å². The van der Waals surface area contributed by atoms with Gasteiger partial charge < -0.3 is 5.32 Å². The fourth-order valence-corrected chi connectivity index (χ4v) is 8.73. The summed E-state index contributed by atoms with van der Waals surface area (Å²) in [4.78, 5) is 17.8. The van der Waals surface area contributed by atoms with E-state index in [2.05, 4.69) is 5.32 Å². The van der Waals surface area contributed by atoms with E-state index in [4.69, 9.17) is 16.6 Å². The van der Waals surface area contributed by atoms with Gasteiger partial charge in [0.25, 0.3) is 10.0 Å². The lowest BCUT2D eigenvalue weighted by Crippen LogP contribution is -2.43. The molecule has 4 heterocycles. The normalized spacial score (nSPS) is 17.6. The number of fused-ring (bicyclic) bond motifs is 1. The summed E-state index contributed by atoms with van der Waals surface area (Å²) in [5, 5.41) is 6.54. The molecule has 1 aliphatic heterocycles. The molecule has 0 aliphatic carbocycles. The number of nitrogens with zero attached hydrogens (tertiary/aromatic N) is 2. The predicted molar refractivity (Wildman–Crippen MR) is 132 cm³/mol. The molecule has 1 saturated heterocycles. The van der Waals surface area contributed by atoms with Gasteiger partial charge in [-0.1, -0.05) is 23.7 Å². The number of sulfonamides is 1. The first-order valence-electron chi connectivity index (χ1n) is 9.91. The van der Waals surface area contributed by atoms with Crippen molar-refractivity contribution >= 4 is 76.8 Å². The average Bonchev–Trinajstić information content (AvgIpc) is 3.53. The maximum absolute atomic E-state index is 13.1. The molecule has 1 atom stereocenters. The van der Waals surface area contributed by atoms with E-state index in [1.807, 2.05) is 35.7 Å². The van der Waals surface area contributed by atoms with Gasteiger partial charge in [-0.25, -0.2) is 13.4 Å². The lowest BCUT2D eigenvalue weighted by molar-refractivity contribution is -0.120. The Balaban J connectivity index is 1.33. The SMILES string of the molecule is O=C(Nc1sccc1-c1nc2ccccc2s1)C1CCCN(S(=O)(=O)c2ccc(Cl)s2)C1. The van der Waals surface area contributed by atoms with Gasteiger partial charge in [0, 0.05) is 18.7 Å². The van der Waals surface area contributed by atoms with E-state index in [0.717, 1.165) is 37.1 Å². The first kappa shape index (κ1) is 22.0. The number of piperidine rings is 1. The topological polar surface area (TPSA) is 79.4 Å². The highest BCUT2D eigenvalue weighted by atomic mass is 35.5. The van der Waals surface area contributed by atoms with Crippen molar-refractivity contribution in [2.24, 2.45) is 5.92 Å². The number of thiophene rings is 2. The second-order valence-corrected chi connectivity index (χ2v) is 13.2. The number of benzene rings is 1. The van der Waals surface area contributed by atoms with Gasteiger partial charge in [0.05, 0.1) is 20.5 Å². The summed E-state index contributed by atoms with van der Waals surface area (Å²) in [6, 6.07) is 13.0. The second kappa shape index (κ2) is 8.85. The van der Waals surface area contributed by atoms with Gasteiger partial charge in [0.15, 0.2) is 0 Å². The third-order valence-electron chi connectivity index (χ3n) is 5.32. The number of halogens is 1. The van der Waals surface area contributed by atoms with Gasteiger partial charge in [0.1, 0.15) is 14.2 Å². The third kappa shape index (κ3) is 4.23. The molecule has 166 valence electrons. The summed E-state index contributed by atoms with van der Waals surface area (Å²) in [7, 11) is -3.65. The number of hydrogen-bond acceptors (Lipinski definition) is 7. The van der Waals surface area contributed by atoms with Gasteiger partial charge in [-0.3, -0.25) is 4.79 Å². The number of para-hydroxylation sites is 1. The molecule has 6 nitrogen and oxygen atoms in total. The Hall–Kier alpha value is -1.82. The van der Waals surface area contributed by atoms with Crippen LogP contribution in [0.1, 0.15) is 12.8 Å². The van der Waals surface area contributed by atoms with Crippen LogP contribution >= 0.6 is 45.6 Å². The van der Waals surface area contributed by atoms with Gasteiger partial charge in [-0.15, -0.1) is 34.0 Å². The van der Waals surface area contributed by atoms with Crippen molar-refractivity contribution in [2.75, 3.05) is 18.4 Å². The number of aromatic nitrogens is 1. The molecule has 11 heteroatoms. The quantitative estimate of drug-likeness (QED) is 0.359. The molecule has 4 aromatic rings. The molecule has 1 N–H and O–H groups in total. The van der Waals surface area contributed by atoms with E-state index < -0.39 is 15.9 Å². The molecule has 1 aromatic carbocycles. The van der Waals surface area contributed by atoms with Crippen molar-refractivity contribution < 1.29 is 13.2 Å². The van der Waals surface area contributed by atoms with Crippen molar-refractivity contribution in [3.05, 3.63) is 52.2 Å². The zero-order valence-electron chi connectivity index (χ0n) is 16.7. The highest BCUT2D eigenvalue weighted by Crippen LogP contribution is 2.38. The van der Waals surface area contributed by atoms with Crippen LogP contribution in [0, 0.1) is 5.92 Å². The summed E-state index contributed by atoms with van der Waals surface area (Å²) in [5.41, 5.74) is 1.82. The molecule has 1 aliphatic rings. The van der Waals surface area contributed by atoms with E-state index in [0.29, 0.717) is 23.7 Å². The monoisotopic (exact) mass is 523 g/mol. The lowest BCUT2D eigenvalue weighted by atomic mass is 9.99. The van der Waals surface area contributed by atoms with Gasteiger partial charge >= 0.3 is 0 Å². The van der Waals surface area contributed by atoms with Gasteiger partial charge in [0.2, 0.25) is 5.91 Å². The maximum atomic E-state index is 13.1. The molecular formula is C21H18ClN3O3S4. The summed E-state index contributed by atoms with van der Waals surface area (Å²) in [6.07, 6.45) is 1.27. The number of anilines is 1. The molecular weight excluding hydrogens is 506 g/mol. The lowest BCUT2D eigenvalue weighted by Gasteiger charge is -2.30. The first-order chi connectivity index (χ1) is 15.4. The molecule has 3 aromatic heterocycles. The van der Waals surface area contributed by atoms with Crippen LogP contribution in [0.2, 0.25) is 4.34 Å². The molecule has 1 fully saturated rings. The summed E-state index contributed by atoms with van der Waals surface area (Å²) in [6.45, 7) is 0.559. The smallest absolute Gasteiger partial charge is 0.252 e. The van der Waals surface area contributed by atoms with Crippen LogP contribution in [-0.2, 0) is 14.8 Å². The van der Waals surface area contributed by atoms with Crippen molar-refractivity contribution in [2.45, 2.75) is 17.1 Å². The molecule has 0 radical (unpaired) electrons. The largest absolute Gasteiger partial charge is 0.317 e. The minimum atomic E-state index is -3.65. The molecule has 0 spiro atoms. The van der Waals surface area contributed by atoms with Crippen LogP contribution in [0.3, 0.4) is 0 Å². The number of nitrogens with one attached hydrogen (secondary N) is 1. The fraction of sp³-hybridized carbons (Fsp3) is 0.238. The Morgan fingerprint density at radius 1 is 1.16 bits per heavy atom. The Kier molecular flexibility index (Phi) is 6.08. The van der Waals surface area contributed by atoms with E-state index in [1.165, 1.54) is 21.7 Å². The fourth-order valence-electron chi connectivity index (χ4n) is 3.71. The maximum Gasteiger partial charge on any atom is 0.252 e. The van der Waals surface area contributed by atoms with Crippen molar-refractivity contribution in [3.8, 4) is 10.6 Å². The van der Waals surface area contributed by atoms with E-state index in [-0.39, 0.29) is 16.7 Å². The highest BCUT2D eigenvalue weighted by Gasteiger charge is 2.34. The minimum absolute atomic E-state index is 0.158. The number of carbonyl (C=O) groups is 1. The first-order valence-corrected chi connectivity index (χ1v) is 14.2. The predicted octanol–water partition coefficient (Wildman–Crippen LogP) is 5.78. The number of hydrogen-bond donors (Lipinski definition) is 1. The minimum Gasteiger partial charge on any atom is -0.317 e. The Morgan fingerprint density at radius 2 is 2.00 bits per heavy atom. The zero-order chi connectivity index (χ0) is 22.3. The van der Waals surface area contributed by atoms with E-state index in [1.54, 1.807) is 17.4 Å². The van der Waals surface area contributed by atoms with E-state index in [9.17, 15) is 13.2 Å². The summed E-state index contributed by atoms with van der Waals surface area (Å²) < 4.78 is 29.0. The van der Waals surface area contributed by atoms with Gasteiger partial charge in [-0.05, 0) is 48.6 Å². The average molecular weight is 524 g/mol. The molecule has 0 bridgehead atoms. The number of amides is 1. The Morgan fingerprint density at radius 3 is 2.78 bits per heavy atom. The summed E-state index contributed by atoms with van der Waals surface area (Å²) in [5.74, 6) is -0.585. The van der Waals surface area contributed by atoms with Crippen LogP contribution in [-0.4, -0.2) is 36.7 Å². The van der Waals surface area contributed by atoms with E-state index >= 15 is 0 Å². The molecule has 5 rings (SSSR count). The molecule has 1 amide bonds. The third-order valence-corrected chi connectivity index (χ3v) is 10.8. The number of rotatable bonds is 5. The molecule has 1 unspecified atom stereocenters. The van der Waals surface area contributed by atoms with Crippen LogP contribution in [0.4, 0.5) is 5.00 Å². The highest BCUT2D eigenvalue weighted by molar-refractivity contribution is 7.91. The Labute approximate surface area is 202 Å². The number of carbonyl (C=O) groups excluding carboxylic acids is 1. The second-order valence-electron chi connectivity index (χ2n) is 7.40. The van der Waals surface area contributed by atoms with Crippen molar-refractivity contribution in [3.63, 3.8) is 0 Å². The zero-order valence-corrected chi connectivity index (χ0v) is 20.7. The number of thiazole rings is 1. The van der Waals surface area contributed by atoms with Crippen molar-refractivity contribution in [1.29, 1.82) is 0 Å². The Bertz CT molecular complexity index is 1360. The molecule has 32 heavy (non-hydrogen) atoms. The molecule has 0 saturated carbocycles. The van der Waals surface area contributed by atoms with Crippen molar-refractivity contribution in [1.82, 2.24) is 9.29 Å². The van der Waals surface area contributed by atoms with Crippen LogP contribution < -0.4 is 5.32 Å².